The van der Waals surface area contributed by atoms with Gasteiger partial charge in [0.1, 0.15) is 0 Å². The van der Waals surface area contributed by atoms with Crippen molar-refractivity contribution in [1.82, 2.24) is 15.1 Å². The van der Waals surface area contributed by atoms with E-state index >= 15 is 0 Å². The van der Waals surface area contributed by atoms with Gasteiger partial charge in [-0.2, -0.15) is 5.10 Å². The molecule has 0 aliphatic heterocycles. The third-order valence-electron chi connectivity index (χ3n) is 4.89. The lowest BCUT2D eigenvalue weighted by Crippen LogP contribution is -2.62. The van der Waals surface area contributed by atoms with Crippen molar-refractivity contribution < 1.29 is 9.90 Å². The third kappa shape index (κ3) is 2.40. The number of aryl methyl sites for hydroxylation is 1. The van der Waals surface area contributed by atoms with E-state index in [2.05, 4.69) is 15.7 Å². The lowest BCUT2D eigenvalue weighted by molar-refractivity contribution is 0.00858. The van der Waals surface area contributed by atoms with Crippen LogP contribution < -0.4 is 10.6 Å². The topological polar surface area (TPSA) is 79.2 Å². The zero-order valence-corrected chi connectivity index (χ0v) is 11.8. The zero-order chi connectivity index (χ0) is 14.2. The highest BCUT2D eigenvalue weighted by molar-refractivity contribution is 5.89. The molecule has 4 rings (SSSR count). The monoisotopic (exact) mass is 278 g/mol. The maximum absolute atomic E-state index is 12.2. The third-order valence-corrected chi connectivity index (χ3v) is 4.89. The Kier molecular flexibility index (Phi) is 3.41. The van der Waals surface area contributed by atoms with Gasteiger partial charge in [0.15, 0.2) is 0 Å². The van der Waals surface area contributed by atoms with E-state index in [4.69, 9.17) is 0 Å². The van der Waals surface area contributed by atoms with E-state index in [1.54, 1.807) is 24.1 Å². The summed E-state index contributed by atoms with van der Waals surface area (Å²) in [5.41, 5.74) is 0.229. The molecule has 20 heavy (non-hydrogen) atoms. The summed E-state index contributed by atoms with van der Waals surface area (Å²) in [5, 5.41) is 19.7. The first kappa shape index (κ1) is 13.4. The summed E-state index contributed by atoms with van der Waals surface area (Å²) in [6, 6.07) is -0.250. The smallest absolute Gasteiger partial charge is 0.319 e. The van der Waals surface area contributed by atoms with Gasteiger partial charge in [-0.3, -0.25) is 4.68 Å². The SMILES string of the molecule is Cn1cc(NC(=O)NC2(CO)CC3CCC2CC3)cn1. The van der Waals surface area contributed by atoms with Crippen LogP contribution in [-0.2, 0) is 7.05 Å². The molecule has 0 aromatic carbocycles. The number of aliphatic hydroxyl groups excluding tert-OH is 1. The maximum Gasteiger partial charge on any atom is 0.319 e. The van der Waals surface area contributed by atoms with Gasteiger partial charge < -0.3 is 15.7 Å². The number of hydrogen-bond donors (Lipinski definition) is 3. The predicted molar refractivity (Wildman–Crippen MR) is 75.2 cm³/mol. The van der Waals surface area contributed by atoms with Crippen LogP contribution in [0.4, 0.5) is 10.5 Å². The largest absolute Gasteiger partial charge is 0.394 e. The number of aromatic nitrogens is 2. The molecule has 1 aromatic heterocycles. The molecule has 1 unspecified atom stereocenters. The molecule has 1 aromatic rings. The molecule has 0 radical (unpaired) electrons. The summed E-state index contributed by atoms with van der Waals surface area (Å²) in [7, 11) is 1.80. The maximum atomic E-state index is 12.2. The van der Waals surface area contributed by atoms with E-state index in [0.717, 1.165) is 19.3 Å². The van der Waals surface area contributed by atoms with E-state index in [9.17, 15) is 9.90 Å². The summed E-state index contributed by atoms with van der Waals surface area (Å²) in [4.78, 5) is 12.2. The molecule has 3 N–H and O–H groups in total. The number of hydrogen-bond acceptors (Lipinski definition) is 3. The summed E-state index contributed by atoms with van der Waals surface area (Å²) in [5.74, 6) is 1.04. The minimum atomic E-state index is -0.437. The van der Waals surface area contributed by atoms with Gasteiger partial charge in [0.2, 0.25) is 0 Å². The number of rotatable bonds is 3. The van der Waals surface area contributed by atoms with Gasteiger partial charge in [-0.25, -0.2) is 4.79 Å². The van der Waals surface area contributed by atoms with Crippen molar-refractivity contribution in [1.29, 1.82) is 0 Å². The molecule has 3 aliphatic rings. The predicted octanol–water partition coefficient (Wildman–Crippen LogP) is 1.48. The molecular weight excluding hydrogens is 256 g/mol. The van der Waals surface area contributed by atoms with Gasteiger partial charge in [0.05, 0.1) is 24.0 Å². The lowest BCUT2D eigenvalue weighted by atomic mass is 9.60. The Morgan fingerprint density at radius 1 is 1.50 bits per heavy atom. The minimum Gasteiger partial charge on any atom is -0.394 e. The van der Waals surface area contributed by atoms with Crippen LogP contribution in [0.25, 0.3) is 0 Å². The number of nitrogens with one attached hydrogen (secondary N) is 2. The van der Waals surface area contributed by atoms with Crippen LogP contribution in [-0.4, -0.2) is 33.1 Å². The van der Waals surface area contributed by atoms with Crippen molar-refractivity contribution in [3.63, 3.8) is 0 Å². The van der Waals surface area contributed by atoms with Crippen LogP contribution in [0.15, 0.2) is 12.4 Å². The lowest BCUT2D eigenvalue weighted by Gasteiger charge is -2.51. The Labute approximate surface area is 118 Å². The minimum absolute atomic E-state index is 0.0224. The first-order chi connectivity index (χ1) is 9.61. The molecule has 3 saturated carbocycles. The van der Waals surface area contributed by atoms with E-state index in [0.29, 0.717) is 17.5 Å². The zero-order valence-electron chi connectivity index (χ0n) is 11.8. The molecule has 2 bridgehead atoms. The van der Waals surface area contributed by atoms with Crippen molar-refractivity contribution in [2.75, 3.05) is 11.9 Å². The van der Waals surface area contributed by atoms with Crippen LogP contribution in [0.3, 0.4) is 0 Å². The second-order valence-electron chi connectivity index (χ2n) is 6.22. The normalized spacial score (nSPS) is 32.1. The molecule has 6 heteroatoms. The number of nitrogens with zero attached hydrogens (tertiary/aromatic N) is 2. The molecule has 110 valence electrons. The van der Waals surface area contributed by atoms with Crippen molar-refractivity contribution in [2.45, 2.75) is 37.6 Å². The number of urea groups is 1. The van der Waals surface area contributed by atoms with Crippen LogP contribution in [0.2, 0.25) is 0 Å². The number of carbonyl (C=O) groups excluding carboxylic acids is 1. The second kappa shape index (κ2) is 5.09. The van der Waals surface area contributed by atoms with Crippen molar-refractivity contribution in [3.05, 3.63) is 12.4 Å². The number of anilines is 1. The number of amides is 2. The molecule has 0 saturated heterocycles. The molecular formula is C14H22N4O2. The second-order valence-corrected chi connectivity index (χ2v) is 6.22. The Balaban J connectivity index is 1.67. The summed E-state index contributed by atoms with van der Waals surface area (Å²) in [6.07, 6.45) is 8.94. The van der Waals surface area contributed by atoms with Gasteiger partial charge in [-0.15, -0.1) is 0 Å². The summed E-state index contributed by atoms with van der Waals surface area (Å²) < 4.78 is 1.64. The number of fused-ring (bicyclic) bond motifs is 3. The van der Waals surface area contributed by atoms with E-state index in [1.807, 2.05) is 0 Å². The molecule has 3 fully saturated rings. The van der Waals surface area contributed by atoms with E-state index in [1.165, 1.54) is 12.8 Å². The van der Waals surface area contributed by atoms with Gasteiger partial charge in [-0.1, -0.05) is 12.8 Å². The van der Waals surface area contributed by atoms with Gasteiger partial charge >= 0.3 is 6.03 Å². The van der Waals surface area contributed by atoms with Gasteiger partial charge in [0, 0.05) is 13.2 Å². The Morgan fingerprint density at radius 2 is 2.25 bits per heavy atom. The summed E-state index contributed by atoms with van der Waals surface area (Å²) in [6.45, 7) is 0.0224. The Hall–Kier alpha value is -1.56. The number of aliphatic hydroxyl groups is 1. The molecule has 6 nitrogen and oxygen atoms in total. The Bertz CT molecular complexity index is 493. The van der Waals surface area contributed by atoms with Crippen molar-refractivity contribution in [3.8, 4) is 0 Å². The summed E-state index contributed by atoms with van der Waals surface area (Å²) >= 11 is 0. The fourth-order valence-electron chi connectivity index (χ4n) is 3.86. The van der Waals surface area contributed by atoms with Crippen molar-refractivity contribution >= 4 is 11.7 Å². The fraction of sp³-hybridized carbons (Fsp3) is 0.714. The standard InChI is InChI=1S/C14H22N4O2/c1-18-8-12(7-15-18)16-13(20)17-14(9-19)6-10-2-4-11(14)5-3-10/h7-8,10-11,19H,2-6,9H2,1H3,(H2,16,17,20). The van der Waals surface area contributed by atoms with Crippen LogP contribution in [0.1, 0.15) is 32.1 Å². The first-order valence-corrected chi connectivity index (χ1v) is 7.30. The van der Waals surface area contributed by atoms with Crippen LogP contribution in [0.5, 0.6) is 0 Å². The van der Waals surface area contributed by atoms with E-state index in [-0.39, 0.29) is 12.6 Å². The highest BCUT2D eigenvalue weighted by Gasteiger charge is 2.47. The van der Waals surface area contributed by atoms with Crippen LogP contribution in [0, 0.1) is 11.8 Å². The quantitative estimate of drug-likeness (QED) is 0.783. The molecule has 1 atom stereocenters. The molecule has 3 aliphatic carbocycles. The highest BCUT2D eigenvalue weighted by atomic mass is 16.3. The fourth-order valence-corrected chi connectivity index (χ4v) is 3.86. The number of carbonyl (C=O) groups is 1. The van der Waals surface area contributed by atoms with Crippen LogP contribution >= 0.6 is 0 Å². The van der Waals surface area contributed by atoms with Gasteiger partial charge in [-0.05, 0) is 31.1 Å². The average Bonchev–Trinajstić information content (AvgIpc) is 2.85. The molecule has 0 spiro atoms. The van der Waals surface area contributed by atoms with Gasteiger partial charge in [0.25, 0.3) is 0 Å². The molecule has 2 amide bonds. The Morgan fingerprint density at radius 3 is 2.75 bits per heavy atom. The van der Waals surface area contributed by atoms with E-state index < -0.39 is 5.54 Å². The average molecular weight is 278 g/mol. The van der Waals surface area contributed by atoms with Crippen molar-refractivity contribution in [2.24, 2.45) is 18.9 Å². The molecule has 1 heterocycles. The first-order valence-electron chi connectivity index (χ1n) is 7.30. The highest BCUT2D eigenvalue weighted by Crippen LogP contribution is 2.47.